The van der Waals surface area contributed by atoms with Gasteiger partial charge in [-0.05, 0) is 38.8 Å². The zero-order valence-corrected chi connectivity index (χ0v) is 12.2. The van der Waals surface area contributed by atoms with Gasteiger partial charge in [0.15, 0.2) is 0 Å². The predicted molar refractivity (Wildman–Crippen MR) is 71.0 cm³/mol. The van der Waals surface area contributed by atoms with Gasteiger partial charge in [0.05, 0.1) is 17.2 Å². The highest BCUT2D eigenvalue weighted by Crippen LogP contribution is 2.23. The molecule has 0 amide bonds. The van der Waals surface area contributed by atoms with Gasteiger partial charge in [0.1, 0.15) is 0 Å². The van der Waals surface area contributed by atoms with Crippen molar-refractivity contribution in [3.63, 3.8) is 0 Å². The first-order chi connectivity index (χ1) is 9.18. The number of carbonyl (C=O) groups is 1. The number of furan rings is 1. The lowest BCUT2D eigenvalue weighted by molar-refractivity contribution is 0.0656. The minimum absolute atomic E-state index is 0.124. The van der Waals surface area contributed by atoms with Gasteiger partial charge < -0.3 is 9.52 Å². The second kappa shape index (κ2) is 6.09. The van der Waals surface area contributed by atoms with Gasteiger partial charge in [-0.2, -0.15) is 5.26 Å². The van der Waals surface area contributed by atoms with E-state index < -0.39 is 27.0 Å². The van der Waals surface area contributed by atoms with E-state index in [1.54, 1.807) is 13.8 Å². The van der Waals surface area contributed by atoms with Crippen LogP contribution in [-0.4, -0.2) is 25.2 Å². The number of hydrogen-bond donors (Lipinski definition) is 1. The number of carboxylic acids is 1. The molecular formula is C13H17NO5S. The van der Waals surface area contributed by atoms with Gasteiger partial charge in [0.25, 0.3) is 0 Å². The number of sulfone groups is 1. The highest BCUT2D eigenvalue weighted by molar-refractivity contribution is 7.91. The first kappa shape index (κ1) is 16.2. The summed E-state index contributed by atoms with van der Waals surface area (Å²) in [7, 11) is -3.61. The second-order valence-corrected chi connectivity index (χ2v) is 7.24. The van der Waals surface area contributed by atoms with Crippen LogP contribution >= 0.6 is 0 Å². The maximum Gasteiger partial charge on any atom is 0.371 e. The summed E-state index contributed by atoms with van der Waals surface area (Å²) in [5.41, 5.74) is -0.467. The second-order valence-electron chi connectivity index (χ2n) is 5.20. The normalized spacial score (nSPS) is 12.1. The molecule has 1 rings (SSSR count). The molecule has 1 heterocycles. The van der Waals surface area contributed by atoms with Crippen molar-refractivity contribution < 1.29 is 22.7 Å². The van der Waals surface area contributed by atoms with Crippen LogP contribution in [0, 0.1) is 16.7 Å². The van der Waals surface area contributed by atoms with E-state index in [9.17, 15) is 13.2 Å². The van der Waals surface area contributed by atoms with Gasteiger partial charge in [-0.25, -0.2) is 13.2 Å². The van der Waals surface area contributed by atoms with E-state index in [1.807, 2.05) is 0 Å². The van der Waals surface area contributed by atoms with Crippen LogP contribution < -0.4 is 0 Å². The van der Waals surface area contributed by atoms with Crippen LogP contribution in [0.3, 0.4) is 0 Å². The molecule has 1 aromatic rings. The largest absolute Gasteiger partial charge is 0.475 e. The zero-order valence-electron chi connectivity index (χ0n) is 11.4. The number of aromatic carboxylic acids is 1. The van der Waals surface area contributed by atoms with Crippen LogP contribution in [0.1, 0.15) is 43.7 Å². The smallest absolute Gasteiger partial charge is 0.371 e. The van der Waals surface area contributed by atoms with Gasteiger partial charge in [0, 0.05) is 0 Å². The van der Waals surface area contributed by atoms with Crippen LogP contribution in [-0.2, 0) is 9.84 Å². The lowest BCUT2D eigenvalue weighted by Gasteiger charge is -2.13. The summed E-state index contributed by atoms with van der Waals surface area (Å²) in [6.45, 7) is 3.60. The summed E-state index contributed by atoms with van der Waals surface area (Å²) >= 11 is 0. The summed E-state index contributed by atoms with van der Waals surface area (Å²) in [5, 5.41) is 17.2. The molecule has 0 fully saturated rings. The Kier molecular flexibility index (Phi) is 4.95. The molecule has 20 heavy (non-hydrogen) atoms. The van der Waals surface area contributed by atoms with E-state index in [0.29, 0.717) is 19.3 Å². The van der Waals surface area contributed by atoms with Crippen molar-refractivity contribution >= 4 is 15.8 Å². The third-order valence-electron chi connectivity index (χ3n) is 2.87. The Morgan fingerprint density at radius 2 is 2.05 bits per heavy atom. The van der Waals surface area contributed by atoms with Gasteiger partial charge in [-0.3, -0.25) is 0 Å². The quantitative estimate of drug-likeness (QED) is 0.775. The number of nitrogens with zero attached hydrogens (tertiary/aromatic N) is 1. The SMILES string of the molecule is CC(C)(C#N)CCCCS(=O)(=O)c1ccc(C(=O)O)o1. The Balaban J connectivity index is 2.58. The minimum Gasteiger partial charge on any atom is -0.475 e. The van der Waals surface area contributed by atoms with Crippen LogP contribution in [0.25, 0.3) is 0 Å². The molecule has 6 nitrogen and oxygen atoms in total. The number of nitriles is 1. The van der Waals surface area contributed by atoms with Gasteiger partial charge >= 0.3 is 5.97 Å². The predicted octanol–water partition coefficient (Wildman–Crippen LogP) is 2.47. The molecule has 1 N–H and O–H groups in total. The van der Waals surface area contributed by atoms with Crippen molar-refractivity contribution in [3.8, 4) is 6.07 Å². The fourth-order valence-corrected chi connectivity index (χ4v) is 2.90. The van der Waals surface area contributed by atoms with Crippen molar-refractivity contribution in [2.24, 2.45) is 5.41 Å². The molecule has 0 saturated heterocycles. The summed E-state index contributed by atoms with van der Waals surface area (Å²) in [6, 6.07) is 4.42. The van der Waals surface area contributed by atoms with E-state index in [4.69, 9.17) is 14.8 Å². The third kappa shape index (κ3) is 4.38. The maximum atomic E-state index is 11.9. The molecule has 0 spiro atoms. The first-order valence-corrected chi connectivity index (χ1v) is 7.80. The summed E-state index contributed by atoms with van der Waals surface area (Å²) < 4.78 is 28.6. The third-order valence-corrected chi connectivity index (χ3v) is 4.52. The van der Waals surface area contributed by atoms with Gasteiger partial charge in [-0.1, -0.05) is 6.42 Å². The summed E-state index contributed by atoms with van der Waals surface area (Å²) in [4.78, 5) is 10.6. The Morgan fingerprint density at radius 3 is 2.55 bits per heavy atom. The lowest BCUT2D eigenvalue weighted by Crippen LogP contribution is -2.10. The highest BCUT2D eigenvalue weighted by atomic mass is 32.2. The van der Waals surface area contributed by atoms with E-state index in [1.165, 1.54) is 0 Å². The number of rotatable bonds is 7. The van der Waals surface area contributed by atoms with Crippen molar-refractivity contribution in [1.82, 2.24) is 0 Å². The average Bonchev–Trinajstić information content (AvgIpc) is 2.85. The summed E-state index contributed by atoms with van der Waals surface area (Å²) in [5.74, 6) is -1.82. The van der Waals surface area contributed by atoms with Crippen molar-refractivity contribution in [3.05, 3.63) is 17.9 Å². The molecule has 0 saturated carbocycles. The van der Waals surface area contributed by atoms with Gasteiger partial charge in [-0.15, -0.1) is 0 Å². The summed E-state index contributed by atoms with van der Waals surface area (Å²) in [6.07, 6.45) is 1.61. The Hall–Kier alpha value is -1.81. The zero-order chi connectivity index (χ0) is 15.4. The Labute approximate surface area is 117 Å². The molecule has 110 valence electrons. The fourth-order valence-electron chi connectivity index (χ4n) is 1.62. The van der Waals surface area contributed by atoms with Crippen LogP contribution in [0.4, 0.5) is 0 Å². The van der Waals surface area contributed by atoms with Gasteiger partial charge in [0.2, 0.25) is 20.7 Å². The molecule has 1 aromatic heterocycles. The standard InChI is InChI=1S/C13H17NO5S/c1-13(2,9-14)7-3-4-8-20(17,18)11-6-5-10(19-11)12(15)16/h5-6H,3-4,7-8H2,1-2H3,(H,15,16). The molecule has 0 radical (unpaired) electrons. The van der Waals surface area contributed by atoms with Crippen LogP contribution in [0.2, 0.25) is 0 Å². The topological polar surface area (TPSA) is 108 Å². The maximum absolute atomic E-state index is 11.9. The van der Waals surface area contributed by atoms with E-state index in [-0.39, 0.29) is 10.8 Å². The lowest BCUT2D eigenvalue weighted by atomic mass is 9.89. The molecule has 0 aliphatic carbocycles. The first-order valence-electron chi connectivity index (χ1n) is 6.15. The van der Waals surface area contributed by atoms with E-state index in [0.717, 1.165) is 12.1 Å². The van der Waals surface area contributed by atoms with E-state index in [2.05, 4.69) is 6.07 Å². The van der Waals surface area contributed by atoms with Crippen molar-refractivity contribution in [2.45, 2.75) is 38.2 Å². The molecule has 0 aliphatic rings. The molecule has 0 aliphatic heterocycles. The number of unbranched alkanes of at least 4 members (excludes halogenated alkanes) is 1. The highest BCUT2D eigenvalue weighted by Gasteiger charge is 2.22. The Bertz CT molecular complexity index is 621. The average molecular weight is 299 g/mol. The monoisotopic (exact) mass is 299 g/mol. The molecule has 0 atom stereocenters. The molecule has 7 heteroatoms. The Morgan fingerprint density at radius 1 is 1.40 bits per heavy atom. The molecule has 0 aromatic carbocycles. The molecule has 0 unspecified atom stereocenters. The van der Waals surface area contributed by atoms with E-state index >= 15 is 0 Å². The number of carboxylic acid groups (broad SMARTS) is 1. The van der Waals surface area contributed by atoms with Crippen molar-refractivity contribution in [1.29, 1.82) is 5.26 Å². The van der Waals surface area contributed by atoms with Crippen LogP contribution in [0.5, 0.6) is 0 Å². The molecular weight excluding hydrogens is 282 g/mol. The fraction of sp³-hybridized carbons (Fsp3) is 0.538. The minimum atomic E-state index is -3.61. The van der Waals surface area contributed by atoms with Crippen molar-refractivity contribution in [2.75, 3.05) is 5.75 Å². The molecule has 0 bridgehead atoms. The van der Waals surface area contributed by atoms with Crippen LogP contribution in [0.15, 0.2) is 21.6 Å². The number of hydrogen-bond acceptors (Lipinski definition) is 5.